The molecule has 0 aliphatic carbocycles. The average Bonchev–Trinajstić information content (AvgIpc) is 1.80. The first-order chi connectivity index (χ1) is 4.27. The van der Waals surface area contributed by atoms with Crippen LogP contribution >= 0.6 is 0 Å². The molecule has 64 valence electrons. The van der Waals surface area contributed by atoms with Crippen molar-refractivity contribution in [2.24, 2.45) is 0 Å². The van der Waals surface area contributed by atoms with Crippen molar-refractivity contribution in [1.82, 2.24) is 0 Å². The topological polar surface area (TPSA) is 40.5 Å². The van der Waals surface area contributed by atoms with Crippen LogP contribution < -0.4 is 0 Å². The van der Waals surface area contributed by atoms with Crippen LogP contribution in [0, 0.1) is 0 Å². The van der Waals surface area contributed by atoms with Gasteiger partial charge < -0.3 is 10.2 Å². The van der Waals surface area contributed by atoms with Crippen molar-refractivity contribution in [2.75, 3.05) is 0 Å². The Morgan fingerprint density at radius 3 is 2.10 bits per heavy atom. The zero-order valence-electron chi connectivity index (χ0n) is 6.42. The number of unbranched alkanes of at least 4 members (excludes halogenated alkanes) is 3. The molecule has 0 fully saturated rings. The minimum atomic E-state index is -1.10. The second kappa shape index (κ2) is 8.85. The Hall–Kier alpha value is -0.150. The summed E-state index contributed by atoms with van der Waals surface area (Å²) >= 11 is 0. The molecule has 10 heavy (non-hydrogen) atoms. The molecule has 0 amide bonds. The van der Waals surface area contributed by atoms with Crippen LogP contribution in [0.1, 0.15) is 39.0 Å². The van der Waals surface area contributed by atoms with E-state index < -0.39 is 6.29 Å². The van der Waals surface area contributed by atoms with Gasteiger partial charge in [0.2, 0.25) is 0 Å². The summed E-state index contributed by atoms with van der Waals surface area (Å²) in [5, 5.41) is 16.8. The summed E-state index contributed by atoms with van der Waals surface area (Å²) in [6, 6.07) is 0. The van der Waals surface area contributed by atoms with E-state index in [9.17, 15) is 0 Å². The van der Waals surface area contributed by atoms with Gasteiger partial charge in [-0.2, -0.15) is 0 Å². The molecule has 0 atom stereocenters. The minimum Gasteiger partial charge on any atom is -0.368 e. The van der Waals surface area contributed by atoms with Crippen molar-refractivity contribution in [3.05, 3.63) is 0 Å². The van der Waals surface area contributed by atoms with Crippen LogP contribution in [0.15, 0.2) is 0 Å². The van der Waals surface area contributed by atoms with Gasteiger partial charge in [0.15, 0.2) is 6.29 Å². The second-order valence-electron chi connectivity index (χ2n) is 2.33. The van der Waals surface area contributed by atoms with Gasteiger partial charge in [-0.1, -0.05) is 26.2 Å². The van der Waals surface area contributed by atoms with Crippen LogP contribution in [-0.2, 0) is 0 Å². The molecular weight excluding hydrogens is 135 g/mol. The summed E-state index contributed by atoms with van der Waals surface area (Å²) in [5.41, 5.74) is 0. The van der Waals surface area contributed by atoms with E-state index in [1.807, 2.05) is 0 Å². The van der Waals surface area contributed by atoms with E-state index in [-0.39, 0.29) is 4.70 Å². The Kier molecular flexibility index (Phi) is 11.1. The van der Waals surface area contributed by atoms with Crippen molar-refractivity contribution >= 4 is 0 Å². The molecule has 0 aliphatic rings. The Morgan fingerprint density at radius 1 is 1.10 bits per heavy atom. The third-order valence-corrected chi connectivity index (χ3v) is 1.32. The van der Waals surface area contributed by atoms with E-state index in [4.69, 9.17) is 10.2 Å². The molecule has 2 N–H and O–H groups in total. The lowest BCUT2D eigenvalue weighted by Crippen LogP contribution is -2.02. The highest BCUT2D eigenvalue weighted by atomic mass is 19.0. The lowest BCUT2D eigenvalue weighted by molar-refractivity contribution is -0.0465. The molecule has 2 nitrogen and oxygen atoms in total. The van der Waals surface area contributed by atoms with Gasteiger partial charge in [-0.05, 0) is 12.8 Å². The summed E-state index contributed by atoms with van der Waals surface area (Å²) in [7, 11) is 0. The highest BCUT2D eigenvalue weighted by molar-refractivity contribution is 4.42. The fraction of sp³-hybridized carbons (Fsp3) is 1.00. The van der Waals surface area contributed by atoms with Crippen molar-refractivity contribution in [2.45, 2.75) is 45.3 Å². The van der Waals surface area contributed by atoms with Crippen LogP contribution in [0.25, 0.3) is 0 Å². The molecule has 0 aliphatic heterocycles. The lowest BCUT2D eigenvalue weighted by atomic mass is 10.1. The second-order valence-corrected chi connectivity index (χ2v) is 2.33. The summed E-state index contributed by atoms with van der Waals surface area (Å²) in [5.74, 6) is 0. The van der Waals surface area contributed by atoms with E-state index in [2.05, 4.69) is 6.92 Å². The average molecular weight is 152 g/mol. The van der Waals surface area contributed by atoms with Gasteiger partial charge >= 0.3 is 0 Å². The third-order valence-electron chi connectivity index (χ3n) is 1.32. The van der Waals surface area contributed by atoms with Crippen LogP contribution in [0.4, 0.5) is 4.70 Å². The third kappa shape index (κ3) is 10.8. The van der Waals surface area contributed by atoms with Crippen molar-refractivity contribution in [3.8, 4) is 0 Å². The Labute approximate surface area is 61.2 Å². The van der Waals surface area contributed by atoms with Gasteiger partial charge in [0.1, 0.15) is 0 Å². The first kappa shape index (κ1) is 12.5. The molecule has 0 aromatic heterocycles. The number of aliphatic hydroxyl groups excluding tert-OH is 1. The summed E-state index contributed by atoms with van der Waals surface area (Å²) in [6.07, 6.45) is 3.88. The number of halogens is 1. The van der Waals surface area contributed by atoms with E-state index in [0.29, 0.717) is 6.42 Å². The minimum absolute atomic E-state index is 0. The fourth-order valence-corrected chi connectivity index (χ4v) is 0.754. The fourth-order valence-electron chi connectivity index (χ4n) is 0.754. The van der Waals surface area contributed by atoms with E-state index >= 15 is 0 Å². The Balaban J connectivity index is 0. The SMILES string of the molecule is CCCCCCC(O)O.F. The number of aliphatic hydroxyl groups is 2. The molecule has 3 heteroatoms. The molecule has 0 bridgehead atoms. The Bertz CT molecular complexity index is 57.6. The van der Waals surface area contributed by atoms with Gasteiger partial charge in [-0.15, -0.1) is 0 Å². The molecule has 0 aromatic rings. The number of rotatable bonds is 5. The predicted molar refractivity (Wildman–Crippen MR) is 39.5 cm³/mol. The lowest BCUT2D eigenvalue weighted by Gasteiger charge is -2.00. The predicted octanol–water partition coefficient (Wildman–Crippen LogP) is 1.42. The highest BCUT2D eigenvalue weighted by Gasteiger charge is 1.94. The van der Waals surface area contributed by atoms with Gasteiger partial charge in [-0.3, -0.25) is 4.70 Å². The smallest absolute Gasteiger partial charge is 0.151 e. The normalized spacial score (nSPS) is 9.60. The first-order valence-electron chi connectivity index (χ1n) is 3.63. The monoisotopic (exact) mass is 152 g/mol. The maximum Gasteiger partial charge on any atom is 0.151 e. The largest absolute Gasteiger partial charge is 0.368 e. The molecule has 0 saturated heterocycles. The van der Waals surface area contributed by atoms with E-state index in [1.54, 1.807) is 0 Å². The van der Waals surface area contributed by atoms with E-state index in [1.165, 1.54) is 12.8 Å². The Morgan fingerprint density at radius 2 is 1.70 bits per heavy atom. The van der Waals surface area contributed by atoms with Gasteiger partial charge in [-0.25, -0.2) is 0 Å². The molecular formula is C7H17FO2. The summed E-state index contributed by atoms with van der Waals surface area (Å²) in [6.45, 7) is 2.13. The molecule has 0 unspecified atom stereocenters. The van der Waals surface area contributed by atoms with Gasteiger partial charge in [0.25, 0.3) is 0 Å². The van der Waals surface area contributed by atoms with E-state index in [0.717, 1.165) is 12.8 Å². The maximum atomic E-state index is 8.41. The molecule has 0 heterocycles. The quantitative estimate of drug-likeness (QED) is 0.462. The molecule has 0 saturated carbocycles. The molecule has 0 aromatic carbocycles. The van der Waals surface area contributed by atoms with Crippen LogP contribution in [0.3, 0.4) is 0 Å². The van der Waals surface area contributed by atoms with Crippen molar-refractivity contribution in [1.29, 1.82) is 0 Å². The van der Waals surface area contributed by atoms with Gasteiger partial charge in [0.05, 0.1) is 0 Å². The standard InChI is InChI=1S/C7H16O2.FH/c1-2-3-4-5-6-7(8)9;/h7-9H,2-6H2,1H3;1H. The number of hydrogen-bond donors (Lipinski definition) is 2. The number of hydrogen-bond acceptors (Lipinski definition) is 2. The van der Waals surface area contributed by atoms with Crippen LogP contribution in [-0.4, -0.2) is 16.5 Å². The summed E-state index contributed by atoms with van der Waals surface area (Å²) < 4.78 is 0. The first-order valence-corrected chi connectivity index (χ1v) is 3.63. The highest BCUT2D eigenvalue weighted by Crippen LogP contribution is 2.03. The van der Waals surface area contributed by atoms with Crippen LogP contribution in [0.2, 0.25) is 0 Å². The van der Waals surface area contributed by atoms with Crippen molar-refractivity contribution in [3.63, 3.8) is 0 Å². The summed E-state index contributed by atoms with van der Waals surface area (Å²) in [4.78, 5) is 0. The molecule has 0 rings (SSSR count). The maximum absolute atomic E-state index is 8.41. The zero-order chi connectivity index (χ0) is 7.11. The molecule has 0 spiro atoms. The molecule has 0 radical (unpaired) electrons. The van der Waals surface area contributed by atoms with Crippen molar-refractivity contribution < 1.29 is 14.9 Å². The van der Waals surface area contributed by atoms with Crippen LogP contribution in [0.5, 0.6) is 0 Å². The zero-order valence-corrected chi connectivity index (χ0v) is 6.42. The van der Waals surface area contributed by atoms with Gasteiger partial charge in [0, 0.05) is 0 Å².